The monoisotopic (exact) mass is 288 g/mol. The number of ketones is 1. The molecule has 0 radical (unpaired) electrons. The number of benzene rings is 1. The van der Waals surface area contributed by atoms with E-state index in [2.05, 4.69) is 15.9 Å². The van der Waals surface area contributed by atoms with Gasteiger partial charge in [-0.2, -0.15) is 0 Å². The van der Waals surface area contributed by atoms with Crippen molar-refractivity contribution in [1.82, 2.24) is 0 Å². The van der Waals surface area contributed by atoms with Crippen LogP contribution in [0.1, 0.15) is 10.4 Å². The van der Waals surface area contributed by atoms with Crippen LogP contribution in [0.25, 0.3) is 0 Å². The van der Waals surface area contributed by atoms with Gasteiger partial charge >= 0.3 is 0 Å². The molecule has 0 saturated carbocycles. The summed E-state index contributed by atoms with van der Waals surface area (Å²) in [5.74, 6) is -0.930. The van der Waals surface area contributed by atoms with Gasteiger partial charge in [-0.3, -0.25) is 4.79 Å². The molecule has 1 fully saturated rings. The number of carbonyl (C=O) groups is 1. The highest BCUT2D eigenvalue weighted by Crippen LogP contribution is 2.21. The maximum absolute atomic E-state index is 13.6. The van der Waals surface area contributed by atoms with Crippen LogP contribution in [-0.4, -0.2) is 31.7 Å². The van der Waals surface area contributed by atoms with E-state index in [0.717, 1.165) is 0 Å². The highest BCUT2D eigenvalue weighted by Gasteiger charge is 2.26. The normalized spacial score (nSPS) is 20.8. The molecule has 1 aromatic carbocycles. The fraction of sp³-hybridized carbons (Fsp3) is 0.364. The van der Waals surface area contributed by atoms with E-state index in [-0.39, 0.29) is 22.4 Å². The van der Waals surface area contributed by atoms with Crippen molar-refractivity contribution in [1.29, 1.82) is 0 Å². The average Bonchev–Trinajstić information content (AvgIpc) is 2.33. The largest absolute Gasteiger partial charge is 0.376 e. The number of Topliss-reactive ketones (excluding diaryl/α,β-unsaturated/α-hetero) is 1. The van der Waals surface area contributed by atoms with Crippen LogP contribution in [0, 0.1) is 5.82 Å². The third kappa shape index (κ3) is 2.31. The van der Waals surface area contributed by atoms with E-state index in [9.17, 15) is 9.18 Å². The van der Waals surface area contributed by atoms with Crippen LogP contribution in [0.4, 0.5) is 4.39 Å². The SMILES string of the molecule is O=C(c1cccc(Br)c1F)C1COCCO1. The number of halogens is 2. The van der Waals surface area contributed by atoms with E-state index in [4.69, 9.17) is 9.47 Å². The quantitative estimate of drug-likeness (QED) is 0.783. The summed E-state index contributed by atoms with van der Waals surface area (Å²) in [6.07, 6.45) is -0.697. The highest BCUT2D eigenvalue weighted by molar-refractivity contribution is 9.10. The molecule has 1 heterocycles. The van der Waals surface area contributed by atoms with E-state index in [1.807, 2.05) is 0 Å². The molecule has 16 heavy (non-hydrogen) atoms. The lowest BCUT2D eigenvalue weighted by molar-refractivity contribution is -0.0720. The number of hydrogen-bond donors (Lipinski definition) is 0. The van der Waals surface area contributed by atoms with Gasteiger partial charge in [0.25, 0.3) is 0 Å². The maximum Gasteiger partial charge on any atom is 0.196 e. The van der Waals surface area contributed by atoms with Crippen LogP contribution < -0.4 is 0 Å². The van der Waals surface area contributed by atoms with Crippen LogP contribution in [0.5, 0.6) is 0 Å². The minimum Gasteiger partial charge on any atom is -0.376 e. The molecule has 0 bridgehead atoms. The van der Waals surface area contributed by atoms with Crippen molar-refractivity contribution in [2.75, 3.05) is 19.8 Å². The van der Waals surface area contributed by atoms with Crippen molar-refractivity contribution in [2.45, 2.75) is 6.10 Å². The molecule has 0 aromatic heterocycles. The molecule has 86 valence electrons. The summed E-state index contributed by atoms with van der Waals surface area (Å²) in [5, 5.41) is 0. The Morgan fingerprint density at radius 1 is 1.44 bits per heavy atom. The summed E-state index contributed by atoms with van der Waals surface area (Å²) in [6.45, 7) is 1.03. The van der Waals surface area contributed by atoms with Gasteiger partial charge < -0.3 is 9.47 Å². The van der Waals surface area contributed by atoms with Gasteiger partial charge in [-0.25, -0.2) is 4.39 Å². The lowest BCUT2D eigenvalue weighted by Gasteiger charge is -2.21. The smallest absolute Gasteiger partial charge is 0.196 e. The van der Waals surface area contributed by atoms with Gasteiger partial charge in [0.05, 0.1) is 29.9 Å². The van der Waals surface area contributed by atoms with Crippen molar-refractivity contribution in [3.05, 3.63) is 34.1 Å². The van der Waals surface area contributed by atoms with Gasteiger partial charge in [-0.1, -0.05) is 6.07 Å². The molecular formula is C11H10BrFO3. The minimum atomic E-state index is -0.697. The molecule has 1 atom stereocenters. The molecule has 1 unspecified atom stereocenters. The summed E-state index contributed by atoms with van der Waals surface area (Å²) in [4.78, 5) is 11.9. The molecule has 0 spiro atoms. The molecule has 1 aliphatic heterocycles. The van der Waals surface area contributed by atoms with Crippen molar-refractivity contribution >= 4 is 21.7 Å². The number of ether oxygens (including phenoxy) is 2. The van der Waals surface area contributed by atoms with E-state index >= 15 is 0 Å². The van der Waals surface area contributed by atoms with Crippen LogP contribution in [-0.2, 0) is 9.47 Å². The lowest BCUT2D eigenvalue weighted by Crippen LogP contribution is -2.35. The Hall–Kier alpha value is -0.780. The zero-order valence-corrected chi connectivity index (χ0v) is 10.00. The van der Waals surface area contributed by atoms with Gasteiger partial charge in [-0.15, -0.1) is 0 Å². The fourth-order valence-electron chi connectivity index (χ4n) is 1.51. The standard InChI is InChI=1S/C11H10BrFO3/c12-8-3-1-2-7(10(8)13)11(14)9-6-15-4-5-16-9/h1-3,9H,4-6H2. The predicted molar refractivity (Wildman–Crippen MR) is 59.0 cm³/mol. The van der Waals surface area contributed by atoms with Crippen molar-refractivity contribution in [2.24, 2.45) is 0 Å². The Morgan fingerprint density at radius 3 is 2.94 bits per heavy atom. The van der Waals surface area contributed by atoms with Crippen molar-refractivity contribution in [3.8, 4) is 0 Å². The third-order valence-corrected chi connectivity index (χ3v) is 2.94. The van der Waals surface area contributed by atoms with Gasteiger partial charge in [0.2, 0.25) is 0 Å². The van der Waals surface area contributed by atoms with E-state index in [1.54, 1.807) is 12.1 Å². The molecule has 1 aromatic rings. The van der Waals surface area contributed by atoms with E-state index in [0.29, 0.717) is 13.2 Å². The first-order chi connectivity index (χ1) is 7.70. The Balaban J connectivity index is 2.22. The average molecular weight is 289 g/mol. The lowest BCUT2D eigenvalue weighted by atomic mass is 10.1. The zero-order valence-electron chi connectivity index (χ0n) is 8.41. The van der Waals surface area contributed by atoms with Crippen LogP contribution in [0.15, 0.2) is 22.7 Å². The second-order valence-electron chi connectivity index (χ2n) is 3.40. The van der Waals surface area contributed by atoms with Crippen molar-refractivity contribution in [3.63, 3.8) is 0 Å². The molecule has 2 rings (SSSR count). The molecule has 3 nitrogen and oxygen atoms in total. The second-order valence-corrected chi connectivity index (χ2v) is 4.25. The van der Waals surface area contributed by atoms with Gasteiger partial charge in [0.1, 0.15) is 11.9 Å². The topological polar surface area (TPSA) is 35.5 Å². The molecule has 0 aliphatic carbocycles. The number of rotatable bonds is 2. The van der Waals surface area contributed by atoms with Crippen LogP contribution >= 0.6 is 15.9 Å². The van der Waals surface area contributed by atoms with E-state index < -0.39 is 11.9 Å². The summed E-state index contributed by atoms with van der Waals surface area (Å²) in [6, 6.07) is 4.61. The predicted octanol–water partition coefficient (Wildman–Crippen LogP) is 2.19. The van der Waals surface area contributed by atoms with Crippen molar-refractivity contribution < 1.29 is 18.7 Å². The first kappa shape index (κ1) is 11.7. The summed E-state index contributed by atoms with van der Waals surface area (Å²) < 4.78 is 24.3. The fourth-order valence-corrected chi connectivity index (χ4v) is 1.87. The number of hydrogen-bond acceptors (Lipinski definition) is 3. The zero-order chi connectivity index (χ0) is 11.5. The molecule has 0 N–H and O–H groups in total. The minimum absolute atomic E-state index is 0.0323. The van der Waals surface area contributed by atoms with Gasteiger partial charge in [0, 0.05) is 0 Å². The Kier molecular flexibility index (Phi) is 3.68. The van der Waals surface area contributed by atoms with Crippen LogP contribution in [0.2, 0.25) is 0 Å². The summed E-state index contributed by atoms with van der Waals surface area (Å²) >= 11 is 3.04. The Bertz CT molecular complexity index is 402. The number of carbonyl (C=O) groups excluding carboxylic acids is 1. The molecule has 1 saturated heterocycles. The maximum atomic E-state index is 13.6. The second kappa shape index (κ2) is 5.03. The van der Waals surface area contributed by atoms with E-state index in [1.165, 1.54) is 6.07 Å². The van der Waals surface area contributed by atoms with Gasteiger partial charge in [-0.05, 0) is 28.1 Å². The first-order valence-electron chi connectivity index (χ1n) is 4.87. The highest BCUT2D eigenvalue weighted by atomic mass is 79.9. The molecule has 5 heteroatoms. The summed E-state index contributed by atoms with van der Waals surface area (Å²) in [5.41, 5.74) is 0.0323. The first-order valence-corrected chi connectivity index (χ1v) is 5.67. The molecule has 0 amide bonds. The molecule has 1 aliphatic rings. The summed E-state index contributed by atoms with van der Waals surface area (Å²) in [7, 11) is 0. The van der Waals surface area contributed by atoms with Gasteiger partial charge in [0.15, 0.2) is 5.78 Å². The third-order valence-electron chi connectivity index (χ3n) is 2.33. The Morgan fingerprint density at radius 2 is 2.25 bits per heavy atom. The molecular weight excluding hydrogens is 279 g/mol. The van der Waals surface area contributed by atoms with Crippen LogP contribution in [0.3, 0.4) is 0 Å². The Labute approximate surface area is 101 Å².